The van der Waals surface area contributed by atoms with Gasteiger partial charge in [-0.25, -0.2) is 22.7 Å². The third kappa shape index (κ3) is 3.54. The topological polar surface area (TPSA) is 101 Å². The summed E-state index contributed by atoms with van der Waals surface area (Å²) < 4.78 is 30.3. The van der Waals surface area contributed by atoms with Crippen molar-refractivity contribution in [3.05, 3.63) is 23.0 Å². The molecule has 0 unspecified atom stereocenters. The van der Waals surface area contributed by atoms with E-state index < -0.39 is 10.0 Å². The first kappa shape index (κ1) is 19.4. The van der Waals surface area contributed by atoms with Gasteiger partial charge >= 0.3 is 0 Å². The quantitative estimate of drug-likeness (QED) is 0.686. The van der Waals surface area contributed by atoms with E-state index in [0.29, 0.717) is 42.5 Å². The highest BCUT2D eigenvalue weighted by Gasteiger charge is 2.25. The highest BCUT2D eigenvalue weighted by molar-refractivity contribution is 7.88. The van der Waals surface area contributed by atoms with Crippen LogP contribution in [0.4, 0.5) is 5.95 Å². The van der Waals surface area contributed by atoms with Crippen LogP contribution in [0.2, 0.25) is 5.02 Å². The van der Waals surface area contributed by atoms with Crippen LogP contribution in [0.3, 0.4) is 0 Å². The first-order valence-corrected chi connectivity index (χ1v) is 11.4. The van der Waals surface area contributed by atoms with E-state index >= 15 is 0 Å². The van der Waals surface area contributed by atoms with Crippen molar-refractivity contribution in [1.29, 1.82) is 0 Å². The van der Waals surface area contributed by atoms with Crippen molar-refractivity contribution in [3.63, 3.8) is 0 Å². The van der Waals surface area contributed by atoms with E-state index in [1.54, 1.807) is 12.3 Å². The van der Waals surface area contributed by atoms with Crippen LogP contribution in [-0.4, -0.2) is 53.2 Å². The number of sulfonamides is 1. The second-order valence-electron chi connectivity index (χ2n) is 7.50. The van der Waals surface area contributed by atoms with Gasteiger partial charge in [-0.2, -0.15) is 0 Å². The molecule has 0 saturated carbocycles. The van der Waals surface area contributed by atoms with Crippen LogP contribution in [0.5, 0.6) is 0 Å². The van der Waals surface area contributed by atoms with Gasteiger partial charge in [0.1, 0.15) is 0 Å². The van der Waals surface area contributed by atoms with Crippen LogP contribution >= 0.6 is 11.6 Å². The lowest BCUT2D eigenvalue weighted by molar-refractivity contribution is 0.331. The first-order chi connectivity index (χ1) is 13.2. The molecule has 2 aromatic heterocycles. The van der Waals surface area contributed by atoms with Gasteiger partial charge < -0.3 is 9.84 Å². The number of benzene rings is 1. The highest BCUT2D eigenvalue weighted by Crippen LogP contribution is 2.35. The first-order valence-electron chi connectivity index (χ1n) is 9.20. The van der Waals surface area contributed by atoms with Gasteiger partial charge in [0.25, 0.3) is 0 Å². The number of fused-ring (bicyclic) bond motifs is 3. The summed E-state index contributed by atoms with van der Waals surface area (Å²) in [6, 6.07) is 1.90. The number of halogens is 1. The molecule has 8 nitrogen and oxygen atoms in total. The maximum absolute atomic E-state index is 11.7. The van der Waals surface area contributed by atoms with E-state index in [4.69, 9.17) is 21.1 Å². The van der Waals surface area contributed by atoms with Gasteiger partial charge in [0, 0.05) is 30.7 Å². The second kappa shape index (κ2) is 7.13. The fourth-order valence-corrected chi connectivity index (χ4v) is 4.69. The number of aromatic nitrogens is 3. The Balaban J connectivity index is 1.65. The van der Waals surface area contributed by atoms with Gasteiger partial charge in [0.2, 0.25) is 16.0 Å². The number of piperidine rings is 1. The van der Waals surface area contributed by atoms with E-state index in [1.165, 1.54) is 10.6 Å². The minimum atomic E-state index is -3.14. The van der Waals surface area contributed by atoms with Crippen molar-refractivity contribution in [2.45, 2.75) is 38.6 Å². The molecule has 0 radical (unpaired) electrons. The third-order valence-corrected chi connectivity index (χ3v) is 6.66. The largest absolute Gasteiger partial charge is 0.354 e. The predicted molar refractivity (Wildman–Crippen MR) is 109 cm³/mol. The maximum atomic E-state index is 11.7. The molecule has 0 bridgehead atoms. The number of hydrogen-bond acceptors (Lipinski definition) is 7. The molecule has 28 heavy (non-hydrogen) atoms. The maximum Gasteiger partial charge on any atom is 0.223 e. The zero-order valence-electron chi connectivity index (χ0n) is 15.9. The van der Waals surface area contributed by atoms with E-state index in [0.717, 1.165) is 22.0 Å². The minimum absolute atomic E-state index is 0.116. The molecule has 0 spiro atoms. The summed E-state index contributed by atoms with van der Waals surface area (Å²) in [5.74, 6) is 0.666. The molecular weight excluding hydrogens is 402 g/mol. The number of anilines is 1. The lowest BCUT2D eigenvalue weighted by atomic mass is 10.0. The Morgan fingerprint density at radius 3 is 2.68 bits per heavy atom. The molecule has 1 aliphatic rings. The van der Waals surface area contributed by atoms with Crippen molar-refractivity contribution in [3.8, 4) is 0 Å². The van der Waals surface area contributed by atoms with Crippen LogP contribution in [0.1, 0.15) is 38.3 Å². The number of nitrogens with zero attached hydrogens (tertiary/aromatic N) is 4. The summed E-state index contributed by atoms with van der Waals surface area (Å²) in [5.41, 5.74) is 2.09. The van der Waals surface area contributed by atoms with Gasteiger partial charge in [-0.1, -0.05) is 30.6 Å². The molecule has 1 N–H and O–H groups in total. The Morgan fingerprint density at radius 1 is 1.32 bits per heavy atom. The summed E-state index contributed by atoms with van der Waals surface area (Å²) in [6.07, 6.45) is 4.39. The fraction of sp³-hybridized carbons (Fsp3) is 0.500. The zero-order valence-corrected chi connectivity index (χ0v) is 17.5. The second-order valence-corrected chi connectivity index (χ2v) is 9.89. The standard InChI is InChI=1S/C18H22ClN5O3S/c1-10(2)15-14-16-11(8-13(19)17(14)27-23-15)9-20-18(22-16)21-12-4-6-24(7-5-12)28(3,25)26/h8-10,12H,4-7H2,1-3H3,(H,20,21,22). The Kier molecular flexibility index (Phi) is 4.93. The highest BCUT2D eigenvalue weighted by atomic mass is 35.5. The summed E-state index contributed by atoms with van der Waals surface area (Å²) >= 11 is 6.34. The molecule has 1 aliphatic heterocycles. The molecule has 10 heteroatoms. The van der Waals surface area contributed by atoms with Gasteiger partial charge in [0.05, 0.1) is 27.9 Å². The molecule has 3 aromatic rings. The van der Waals surface area contributed by atoms with E-state index in [1.807, 2.05) is 13.8 Å². The summed E-state index contributed by atoms with van der Waals surface area (Å²) in [5, 5.41) is 9.64. The Labute approximate surface area is 168 Å². The van der Waals surface area contributed by atoms with Crippen LogP contribution in [0.25, 0.3) is 21.9 Å². The number of hydrogen-bond donors (Lipinski definition) is 1. The molecule has 1 fully saturated rings. The van der Waals surface area contributed by atoms with Crippen LogP contribution in [0.15, 0.2) is 16.8 Å². The van der Waals surface area contributed by atoms with Crippen LogP contribution in [0, 0.1) is 0 Å². The third-order valence-electron chi connectivity index (χ3n) is 5.07. The molecular formula is C18H22ClN5O3S. The monoisotopic (exact) mass is 423 g/mol. The molecule has 4 rings (SSSR count). The normalized spacial score (nSPS) is 17.0. The van der Waals surface area contributed by atoms with E-state index in [9.17, 15) is 8.42 Å². The number of rotatable bonds is 4. The fourth-order valence-electron chi connectivity index (χ4n) is 3.57. The number of nitrogens with one attached hydrogen (secondary N) is 1. The van der Waals surface area contributed by atoms with Crippen molar-refractivity contribution in [2.75, 3.05) is 24.7 Å². The lowest BCUT2D eigenvalue weighted by Crippen LogP contribution is -2.42. The van der Waals surface area contributed by atoms with Crippen molar-refractivity contribution < 1.29 is 12.9 Å². The smallest absolute Gasteiger partial charge is 0.223 e. The van der Waals surface area contributed by atoms with E-state index in [-0.39, 0.29) is 12.0 Å². The lowest BCUT2D eigenvalue weighted by Gasteiger charge is -2.30. The Morgan fingerprint density at radius 2 is 2.04 bits per heavy atom. The van der Waals surface area contributed by atoms with Gasteiger partial charge in [0.15, 0.2) is 5.58 Å². The Bertz CT molecular complexity index is 1140. The molecule has 1 saturated heterocycles. The molecule has 150 valence electrons. The molecule has 0 aliphatic carbocycles. The zero-order chi connectivity index (χ0) is 20.1. The minimum Gasteiger partial charge on any atom is -0.354 e. The summed E-state index contributed by atoms with van der Waals surface area (Å²) in [7, 11) is -3.14. The van der Waals surface area contributed by atoms with Crippen LogP contribution in [-0.2, 0) is 10.0 Å². The average Bonchev–Trinajstić information content (AvgIpc) is 3.08. The van der Waals surface area contributed by atoms with E-state index in [2.05, 4.69) is 15.5 Å². The average molecular weight is 424 g/mol. The van der Waals surface area contributed by atoms with Crippen molar-refractivity contribution >= 4 is 49.4 Å². The Hall–Kier alpha value is -1.97. The SMILES string of the molecule is CC(C)c1noc2c(Cl)cc3cnc(NC4CCN(S(C)(=O)=O)CC4)nc3c12. The molecule has 0 atom stereocenters. The van der Waals surface area contributed by atoms with Crippen molar-refractivity contribution in [1.82, 2.24) is 19.4 Å². The van der Waals surface area contributed by atoms with Crippen molar-refractivity contribution in [2.24, 2.45) is 0 Å². The van der Waals surface area contributed by atoms with Crippen LogP contribution < -0.4 is 5.32 Å². The summed E-state index contributed by atoms with van der Waals surface area (Å²) in [6.45, 7) is 5.07. The van der Waals surface area contributed by atoms with Gasteiger partial charge in [-0.05, 0) is 24.8 Å². The summed E-state index contributed by atoms with van der Waals surface area (Å²) in [4.78, 5) is 9.12. The van der Waals surface area contributed by atoms with Gasteiger partial charge in [-0.3, -0.25) is 0 Å². The predicted octanol–water partition coefficient (Wildman–Crippen LogP) is 3.38. The molecule has 1 aromatic carbocycles. The molecule has 0 amide bonds. The molecule has 3 heterocycles. The van der Waals surface area contributed by atoms with Gasteiger partial charge in [-0.15, -0.1) is 0 Å².